The Balaban J connectivity index is 1.66. The fourth-order valence-corrected chi connectivity index (χ4v) is 4.63. The van der Waals surface area contributed by atoms with Crippen LogP contribution in [-0.2, 0) is 25.6 Å². The molecule has 0 bridgehead atoms. The van der Waals surface area contributed by atoms with Crippen molar-refractivity contribution in [1.82, 2.24) is 4.90 Å². The second-order valence-electron chi connectivity index (χ2n) is 7.20. The van der Waals surface area contributed by atoms with Crippen molar-refractivity contribution >= 4 is 36.5 Å². The van der Waals surface area contributed by atoms with E-state index in [1.165, 1.54) is 18.9 Å². The predicted molar refractivity (Wildman–Crippen MR) is 111 cm³/mol. The number of rotatable bonds is 7. The van der Waals surface area contributed by atoms with Crippen LogP contribution >= 0.6 is 24.4 Å². The number of hydrogen-bond donors (Lipinski definition) is 1. The predicted octanol–water partition coefficient (Wildman–Crippen LogP) is 3.42. The van der Waals surface area contributed by atoms with Gasteiger partial charge < -0.3 is 14.2 Å². The number of hydrogen-bond acceptors (Lipinski definition) is 7. The smallest absolute Gasteiger partial charge is 0.410 e. The summed E-state index contributed by atoms with van der Waals surface area (Å²) < 4.78 is 16.1. The molecule has 1 saturated carbocycles. The summed E-state index contributed by atoms with van der Waals surface area (Å²) in [6.45, 7) is 1.25. The lowest BCUT2D eigenvalue weighted by Gasteiger charge is -2.25. The van der Waals surface area contributed by atoms with E-state index in [4.69, 9.17) is 14.2 Å². The highest BCUT2D eigenvalue weighted by molar-refractivity contribution is 8.09. The number of benzene rings is 1. The van der Waals surface area contributed by atoms with Crippen LogP contribution < -0.4 is 0 Å². The monoisotopic (exact) mass is 425 g/mol. The van der Waals surface area contributed by atoms with Crippen LogP contribution in [-0.4, -0.2) is 54.3 Å². The molecule has 28 heavy (non-hydrogen) atoms. The van der Waals surface area contributed by atoms with E-state index in [-0.39, 0.29) is 29.2 Å². The fourth-order valence-electron chi connectivity index (χ4n) is 4.33. The van der Waals surface area contributed by atoms with Crippen molar-refractivity contribution in [2.45, 2.75) is 30.3 Å². The Morgan fingerprint density at radius 1 is 1.25 bits per heavy atom. The summed E-state index contributed by atoms with van der Waals surface area (Å²) in [5, 5.41) is 0. The first-order chi connectivity index (χ1) is 13.5. The molecule has 154 valence electrons. The number of esters is 1. The summed E-state index contributed by atoms with van der Waals surface area (Å²) >= 11 is 5.90. The molecule has 0 spiro atoms. The minimum atomic E-state index is -0.587. The van der Waals surface area contributed by atoms with E-state index in [0.717, 1.165) is 18.4 Å². The SMILES string of the molecule is COC(=O)[C@@H]1[C@H]2CCC(COC(S)SC)[C@H]2CN1C(=O)OCc1ccccc1. The first-order valence-corrected chi connectivity index (χ1v) is 11.2. The van der Waals surface area contributed by atoms with E-state index >= 15 is 0 Å². The van der Waals surface area contributed by atoms with Crippen LogP contribution in [0, 0.1) is 17.8 Å². The molecule has 0 radical (unpaired) electrons. The average Bonchev–Trinajstić information content (AvgIpc) is 3.29. The molecular formula is C20H27NO5S2. The second-order valence-corrected chi connectivity index (χ2v) is 8.92. The molecule has 0 N–H and O–H groups in total. The number of methoxy groups -OCH3 is 1. The van der Waals surface area contributed by atoms with Gasteiger partial charge in [-0.15, -0.1) is 24.4 Å². The summed E-state index contributed by atoms with van der Waals surface area (Å²) in [5.74, 6) is 0.210. The van der Waals surface area contributed by atoms with E-state index in [0.29, 0.717) is 19.1 Å². The quantitative estimate of drug-likeness (QED) is 0.410. The number of likely N-dealkylation sites (tertiary alicyclic amines) is 1. The Kier molecular flexibility index (Phi) is 7.54. The van der Waals surface area contributed by atoms with Gasteiger partial charge in [0.2, 0.25) is 0 Å². The van der Waals surface area contributed by atoms with E-state index in [9.17, 15) is 9.59 Å². The van der Waals surface area contributed by atoms with Crippen molar-refractivity contribution in [3.8, 4) is 0 Å². The van der Waals surface area contributed by atoms with Gasteiger partial charge in [-0.1, -0.05) is 30.3 Å². The van der Waals surface area contributed by atoms with Gasteiger partial charge in [-0.05, 0) is 42.4 Å². The Morgan fingerprint density at radius 3 is 2.68 bits per heavy atom. The van der Waals surface area contributed by atoms with Gasteiger partial charge in [0.1, 0.15) is 17.4 Å². The van der Waals surface area contributed by atoms with Crippen molar-refractivity contribution in [1.29, 1.82) is 0 Å². The van der Waals surface area contributed by atoms with E-state index < -0.39 is 12.1 Å². The number of amides is 1. The lowest BCUT2D eigenvalue weighted by Crippen LogP contribution is -2.44. The van der Waals surface area contributed by atoms with Crippen molar-refractivity contribution in [2.24, 2.45) is 17.8 Å². The van der Waals surface area contributed by atoms with Crippen molar-refractivity contribution in [3.05, 3.63) is 35.9 Å². The molecule has 1 aromatic rings. The van der Waals surface area contributed by atoms with Crippen LogP contribution in [0.4, 0.5) is 4.79 Å². The lowest BCUT2D eigenvalue weighted by atomic mass is 9.89. The molecule has 3 rings (SSSR count). The van der Waals surface area contributed by atoms with Gasteiger partial charge in [-0.2, -0.15) is 0 Å². The first-order valence-electron chi connectivity index (χ1n) is 9.42. The zero-order valence-electron chi connectivity index (χ0n) is 16.2. The zero-order chi connectivity index (χ0) is 20.1. The zero-order valence-corrected chi connectivity index (χ0v) is 17.9. The Morgan fingerprint density at radius 2 is 2.00 bits per heavy atom. The highest BCUT2D eigenvalue weighted by Crippen LogP contribution is 2.46. The topological polar surface area (TPSA) is 65.1 Å². The first kappa shape index (κ1) is 21.3. The minimum absolute atomic E-state index is 0.0815. The van der Waals surface area contributed by atoms with E-state index in [1.54, 1.807) is 4.90 Å². The number of fused-ring (bicyclic) bond motifs is 1. The normalized spacial score (nSPS) is 27.3. The standard InChI is InChI=1S/C20H27NO5S2/c1-24-18(22)17-15-9-8-14(12-26-20(27)28-2)16(15)10-21(17)19(23)25-11-13-6-4-3-5-7-13/h3-7,14-17,20,27H,8-12H2,1-2H3/t14?,15-,16+,17-,20?/m0/s1. The summed E-state index contributed by atoms with van der Waals surface area (Å²) in [4.78, 5) is 26.7. The summed E-state index contributed by atoms with van der Waals surface area (Å²) in [7, 11) is 1.36. The van der Waals surface area contributed by atoms with Gasteiger partial charge in [0, 0.05) is 6.54 Å². The van der Waals surface area contributed by atoms with Gasteiger partial charge in [-0.25, -0.2) is 9.59 Å². The van der Waals surface area contributed by atoms with Gasteiger partial charge >= 0.3 is 12.1 Å². The maximum absolute atomic E-state index is 12.7. The highest BCUT2D eigenvalue weighted by Gasteiger charge is 2.54. The Bertz CT molecular complexity index is 674. The van der Waals surface area contributed by atoms with Gasteiger partial charge in [0.05, 0.1) is 13.7 Å². The van der Waals surface area contributed by atoms with Gasteiger partial charge in [0.15, 0.2) is 0 Å². The Labute approximate surface area is 175 Å². The van der Waals surface area contributed by atoms with E-state index in [2.05, 4.69) is 12.6 Å². The fraction of sp³-hybridized carbons (Fsp3) is 0.600. The molecule has 0 aromatic heterocycles. The van der Waals surface area contributed by atoms with Crippen LogP contribution in [0.1, 0.15) is 18.4 Å². The molecule has 2 unspecified atom stereocenters. The number of thioether (sulfide) groups is 1. The maximum atomic E-state index is 12.7. The number of carbonyl (C=O) groups excluding carboxylic acids is 2. The second kappa shape index (κ2) is 9.89. The molecule has 1 aliphatic heterocycles. The largest absolute Gasteiger partial charge is 0.467 e. The summed E-state index contributed by atoms with van der Waals surface area (Å²) in [5.41, 5.74) is 0.910. The molecule has 8 heteroatoms. The molecule has 1 aromatic carbocycles. The summed E-state index contributed by atoms with van der Waals surface area (Å²) in [6.07, 6.45) is 3.33. The maximum Gasteiger partial charge on any atom is 0.410 e. The highest BCUT2D eigenvalue weighted by atomic mass is 32.2. The molecule has 2 fully saturated rings. The van der Waals surface area contributed by atoms with Crippen LogP contribution in [0.3, 0.4) is 0 Å². The van der Waals surface area contributed by atoms with Gasteiger partial charge in [0.25, 0.3) is 0 Å². The third-order valence-corrected chi connectivity index (χ3v) is 7.03. The number of nitrogens with zero attached hydrogens (tertiary/aromatic N) is 1. The third kappa shape index (κ3) is 4.78. The number of thiol groups is 1. The molecular weight excluding hydrogens is 398 g/mol. The minimum Gasteiger partial charge on any atom is -0.467 e. The molecule has 1 heterocycles. The van der Waals surface area contributed by atoms with Crippen molar-refractivity contribution in [3.63, 3.8) is 0 Å². The molecule has 1 saturated heterocycles. The average molecular weight is 426 g/mol. The van der Waals surface area contributed by atoms with Crippen molar-refractivity contribution < 1.29 is 23.8 Å². The molecule has 1 aliphatic carbocycles. The van der Waals surface area contributed by atoms with Crippen LogP contribution in [0.5, 0.6) is 0 Å². The molecule has 5 atom stereocenters. The van der Waals surface area contributed by atoms with Gasteiger partial charge in [-0.3, -0.25) is 4.90 Å². The number of ether oxygens (including phenoxy) is 3. The summed E-state index contributed by atoms with van der Waals surface area (Å²) in [6, 6.07) is 8.92. The van der Waals surface area contributed by atoms with Crippen molar-refractivity contribution in [2.75, 3.05) is 26.5 Å². The molecule has 1 amide bonds. The Hall–Kier alpha value is -1.38. The van der Waals surface area contributed by atoms with Crippen LogP contribution in [0.25, 0.3) is 0 Å². The van der Waals surface area contributed by atoms with E-state index in [1.807, 2.05) is 36.6 Å². The molecule has 6 nitrogen and oxygen atoms in total. The third-order valence-electron chi connectivity index (χ3n) is 5.71. The molecule has 2 aliphatic rings. The number of carbonyl (C=O) groups is 2. The van der Waals surface area contributed by atoms with Crippen LogP contribution in [0.15, 0.2) is 30.3 Å². The van der Waals surface area contributed by atoms with Crippen LogP contribution in [0.2, 0.25) is 0 Å². The lowest BCUT2D eigenvalue weighted by molar-refractivity contribution is -0.146.